The molecule has 5 heteroatoms. The summed E-state index contributed by atoms with van der Waals surface area (Å²) in [6.07, 6.45) is 1.06. The highest BCUT2D eigenvalue weighted by Gasteiger charge is 2.32. The van der Waals surface area contributed by atoms with Crippen molar-refractivity contribution in [2.24, 2.45) is 11.7 Å². The smallest absolute Gasteiger partial charge is 0.179 e. The molecule has 2 atom stereocenters. The van der Waals surface area contributed by atoms with Crippen LogP contribution in [0, 0.1) is 12.8 Å². The first-order chi connectivity index (χ1) is 9.53. The number of nitrogens with zero attached hydrogens (tertiary/aromatic N) is 1. The minimum Gasteiger partial charge on any atom is -0.493 e. The molecule has 20 heavy (non-hydrogen) atoms. The van der Waals surface area contributed by atoms with Gasteiger partial charge in [0.25, 0.3) is 0 Å². The van der Waals surface area contributed by atoms with Crippen LogP contribution in [0.15, 0.2) is 6.07 Å². The Morgan fingerprint density at radius 1 is 1.35 bits per heavy atom. The number of rotatable bonds is 4. The van der Waals surface area contributed by atoms with Crippen LogP contribution in [0.1, 0.15) is 23.6 Å². The standard InChI is InChI=1S/C15H23ClN2O2/c1-9-11(13-5-10(7-17)8-18(13)2)6-12(16)15(20-4)14(9)19-3/h6,10,13H,5,7-8,17H2,1-4H3. The van der Waals surface area contributed by atoms with Gasteiger partial charge in [0.1, 0.15) is 0 Å². The summed E-state index contributed by atoms with van der Waals surface area (Å²) in [5.41, 5.74) is 8.10. The molecule has 1 heterocycles. The van der Waals surface area contributed by atoms with Crippen molar-refractivity contribution < 1.29 is 9.47 Å². The molecule has 0 amide bonds. The van der Waals surface area contributed by atoms with Crippen molar-refractivity contribution in [3.63, 3.8) is 0 Å². The molecule has 4 nitrogen and oxygen atoms in total. The molecule has 1 aromatic rings. The zero-order valence-electron chi connectivity index (χ0n) is 12.6. The number of hydrogen-bond donors (Lipinski definition) is 1. The Labute approximate surface area is 125 Å². The zero-order valence-corrected chi connectivity index (χ0v) is 13.3. The zero-order chi connectivity index (χ0) is 14.9. The van der Waals surface area contributed by atoms with Gasteiger partial charge in [0.15, 0.2) is 11.5 Å². The van der Waals surface area contributed by atoms with Crippen LogP contribution in [-0.4, -0.2) is 39.3 Å². The third-order valence-electron chi connectivity index (χ3n) is 4.21. The summed E-state index contributed by atoms with van der Waals surface area (Å²) in [5.74, 6) is 1.86. The van der Waals surface area contributed by atoms with Crippen LogP contribution in [0.4, 0.5) is 0 Å². The fourth-order valence-corrected chi connectivity index (χ4v) is 3.42. The van der Waals surface area contributed by atoms with Gasteiger partial charge >= 0.3 is 0 Å². The van der Waals surface area contributed by atoms with Crippen LogP contribution in [0.5, 0.6) is 11.5 Å². The molecular formula is C15H23ClN2O2. The third kappa shape index (κ3) is 2.60. The average molecular weight is 299 g/mol. The highest BCUT2D eigenvalue weighted by molar-refractivity contribution is 6.32. The number of likely N-dealkylation sites (tertiary alicyclic amines) is 1. The second kappa shape index (κ2) is 6.20. The molecule has 2 rings (SSSR count). The van der Waals surface area contributed by atoms with Gasteiger partial charge in [-0.15, -0.1) is 0 Å². The van der Waals surface area contributed by atoms with Crippen molar-refractivity contribution in [3.05, 3.63) is 22.2 Å². The second-order valence-electron chi connectivity index (χ2n) is 5.43. The molecule has 1 saturated heterocycles. The maximum absolute atomic E-state index is 6.33. The first-order valence-corrected chi connectivity index (χ1v) is 7.22. The van der Waals surface area contributed by atoms with Crippen LogP contribution in [0.25, 0.3) is 0 Å². The van der Waals surface area contributed by atoms with Crippen LogP contribution < -0.4 is 15.2 Å². The van der Waals surface area contributed by atoms with E-state index in [1.54, 1.807) is 14.2 Å². The molecule has 0 aromatic heterocycles. The third-order valence-corrected chi connectivity index (χ3v) is 4.50. The van der Waals surface area contributed by atoms with Crippen molar-refractivity contribution in [1.29, 1.82) is 0 Å². The Morgan fingerprint density at radius 2 is 2.00 bits per heavy atom. The van der Waals surface area contributed by atoms with Gasteiger partial charge in [0, 0.05) is 12.6 Å². The lowest BCUT2D eigenvalue weighted by Crippen LogP contribution is -2.21. The lowest BCUT2D eigenvalue weighted by Gasteiger charge is -2.24. The van der Waals surface area contributed by atoms with Gasteiger partial charge in [-0.25, -0.2) is 0 Å². The van der Waals surface area contributed by atoms with Gasteiger partial charge in [-0.3, -0.25) is 4.90 Å². The minimum atomic E-state index is 0.334. The molecule has 2 unspecified atom stereocenters. The van der Waals surface area contributed by atoms with Crippen LogP contribution >= 0.6 is 11.6 Å². The van der Waals surface area contributed by atoms with E-state index in [0.717, 1.165) is 30.8 Å². The summed E-state index contributed by atoms with van der Waals surface area (Å²) in [6, 6.07) is 2.33. The van der Waals surface area contributed by atoms with Gasteiger partial charge in [-0.1, -0.05) is 11.6 Å². The van der Waals surface area contributed by atoms with E-state index in [9.17, 15) is 0 Å². The first-order valence-electron chi connectivity index (χ1n) is 6.84. The van der Waals surface area contributed by atoms with E-state index in [4.69, 9.17) is 26.8 Å². The molecule has 0 saturated carbocycles. The molecule has 1 aliphatic rings. The lowest BCUT2D eigenvalue weighted by atomic mass is 9.95. The largest absolute Gasteiger partial charge is 0.493 e. The Balaban J connectivity index is 2.45. The van der Waals surface area contributed by atoms with Crippen LogP contribution in [-0.2, 0) is 0 Å². The number of benzene rings is 1. The van der Waals surface area contributed by atoms with Gasteiger partial charge in [0.05, 0.1) is 19.2 Å². The quantitative estimate of drug-likeness (QED) is 0.928. The molecule has 0 spiro atoms. The maximum atomic E-state index is 6.33. The Kier molecular flexibility index (Phi) is 4.78. The molecule has 112 valence electrons. The monoisotopic (exact) mass is 298 g/mol. The molecule has 1 fully saturated rings. The number of ether oxygens (including phenoxy) is 2. The number of methoxy groups -OCH3 is 2. The van der Waals surface area contributed by atoms with Crippen molar-refractivity contribution in [2.45, 2.75) is 19.4 Å². The molecule has 0 radical (unpaired) electrons. The molecular weight excluding hydrogens is 276 g/mol. The molecule has 0 bridgehead atoms. The van der Waals surface area contributed by atoms with Gasteiger partial charge in [-0.05, 0) is 50.0 Å². The maximum Gasteiger partial charge on any atom is 0.179 e. The Hall–Kier alpha value is -0.970. The van der Waals surface area contributed by atoms with Crippen molar-refractivity contribution in [1.82, 2.24) is 4.90 Å². The van der Waals surface area contributed by atoms with E-state index in [0.29, 0.717) is 22.7 Å². The lowest BCUT2D eigenvalue weighted by molar-refractivity contribution is 0.309. The van der Waals surface area contributed by atoms with E-state index < -0.39 is 0 Å². The Bertz CT molecular complexity index is 493. The summed E-state index contributed by atoms with van der Waals surface area (Å²) >= 11 is 6.33. The Morgan fingerprint density at radius 3 is 2.50 bits per heavy atom. The fraction of sp³-hybridized carbons (Fsp3) is 0.600. The number of hydrogen-bond acceptors (Lipinski definition) is 4. The van der Waals surface area contributed by atoms with Crippen molar-refractivity contribution in [3.8, 4) is 11.5 Å². The SMILES string of the molecule is COc1c(Cl)cc(C2CC(CN)CN2C)c(C)c1OC. The van der Waals surface area contributed by atoms with E-state index in [-0.39, 0.29) is 0 Å². The van der Waals surface area contributed by atoms with Gasteiger partial charge in [-0.2, -0.15) is 0 Å². The normalized spacial score (nSPS) is 23.1. The summed E-state index contributed by atoms with van der Waals surface area (Å²) in [5, 5.41) is 0.592. The van der Waals surface area contributed by atoms with Gasteiger partial charge in [0.2, 0.25) is 0 Å². The van der Waals surface area contributed by atoms with E-state index in [2.05, 4.69) is 18.9 Å². The molecule has 0 aliphatic carbocycles. The summed E-state index contributed by atoms with van der Waals surface area (Å²) in [7, 11) is 5.38. The predicted molar refractivity (Wildman–Crippen MR) is 81.8 cm³/mol. The van der Waals surface area contributed by atoms with Crippen LogP contribution in [0.2, 0.25) is 5.02 Å². The van der Waals surface area contributed by atoms with E-state index >= 15 is 0 Å². The highest BCUT2D eigenvalue weighted by Crippen LogP contribution is 2.44. The first kappa shape index (κ1) is 15.4. The highest BCUT2D eigenvalue weighted by atomic mass is 35.5. The van der Waals surface area contributed by atoms with Gasteiger partial charge < -0.3 is 15.2 Å². The minimum absolute atomic E-state index is 0.334. The molecule has 1 aromatic carbocycles. The van der Waals surface area contributed by atoms with Crippen molar-refractivity contribution in [2.75, 3.05) is 34.4 Å². The van der Waals surface area contributed by atoms with Crippen LogP contribution in [0.3, 0.4) is 0 Å². The summed E-state index contributed by atoms with van der Waals surface area (Å²) in [6.45, 7) is 3.80. The summed E-state index contributed by atoms with van der Waals surface area (Å²) in [4.78, 5) is 2.34. The van der Waals surface area contributed by atoms with E-state index in [1.807, 2.05) is 6.07 Å². The molecule has 1 aliphatic heterocycles. The predicted octanol–water partition coefficient (Wildman–Crippen LogP) is 2.62. The topological polar surface area (TPSA) is 47.7 Å². The number of halogens is 1. The van der Waals surface area contributed by atoms with E-state index in [1.165, 1.54) is 5.56 Å². The number of nitrogens with two attached hydrogens (primary N) is 1. The second-order valence-corrected chi connectivity index (χ2v) is 5.84. The average Bonchev–Trinajstić information content (AvgIpc) is 2.81. The van der Waals surface area contributed by atoms with Crippen molar-refractivity contribution >= 4 is 11.6 Å². The fourth-order valence-electron chi connectivity index (χ4n) is 3.14. The molecule has 2 N–H and O–H groups in total. The summed E-state index contributed by atoms with van der Waals surface area (Å²) < 4.78 is 10.8.